The van der Waals surface area contributed by atoms with Crippen LogP contribution in [-0.4, -0.2) is 26.2 Å². The molecule has 0 saturated carbocycles. The minimum absolute atomic E-state index is 0.0756. The first kappa shape index (κ1) is 27.6. The van der Waals surface area contributed by atoms with E-state index in [1.807, 2.05) is 6.92 Å². The monoisotopic (exact) mass is 508 g/mol. The maximum absolute atomic E-state index is 13.3. The summed E-state index contributed by atoms with van der Waals surface area (Å²) >= 11 is 1.52. The lowest BCUT2D eigenvalue weighted by Gasteiger charge is -2.49. The number of nitrogens with zero attached hydrogens (tertiary/aromatic N) is 1. The van der Waals surface area contributed by atoms with Crippen molar-refractivity contribution in [3.05, 3.63) is 23.2 Å². The molecule has 3 rings (SSSR count). The fraction of sp³-hybridized carbons (Fsp3) is 0.741. The molecule has 0 spiro atoms. The molecule has 1 aromatic carbocycles. The van der Waals surface area contributed by atoms with Gasteiger partial charge in [0.05, 0.1) is 26.7 Å². The number of hydrogen-bond donors (Lipinski definition) is 1. The fourth-order valence-corrected chi connectivity index (χ4v) is 7.20. The van der Waals surface area contributed by atoms with Gasteiger partial charge in [-0.05, 0) is 38.0 Å². The minimum atomic E-state index is -3.65. The van der Waals surface area contributed by atoms with Gasteiger partial charge in [-0.2, -0.15) is 4.72 Å². The summed E-state index contributed by atoms with van der Waals surface area (Å²) in [5.41, 5.74) is 0.773. The van der Waals surface area contributed by atoms with Crippen LogP contribution >= 0.6 is 11.3 Å². The van der Waals surface area contributed by atoms with Gasteiger partial charge in [0.15, 0.2) is 0 Å². The second kappa shape index (κ2) is 13.3. The zero-order chi connectivity index (χ0) is 24.4. The van der Waals surface area contributed by atoms with Crippen molar-refractivity contribution >= 4 is 31.6 Å². The number of sulfonamides is 1. The summed E-state index contributed by atoms with van der Waals surface area (Å²) in [6, 6.07) is 5.20. The van der Waals surface area contributed by atoms with Crippen molar-refractivity contribution in [1.29, 1.82) is 0 Å². The molecule has 0 radical (unpaired) electrons. The Hall–Kier alpha value is -1.02. The zero-order valence-corrected chi connectivity index (χ0v) is 23.0. The molecular weight excluding hydrogens is 464 g/mol. The Morgan fingerprint density at radius 2 is 1.56 bits per heavy atom. The summed E-state index contributed by atoms with van der Waals surface area (Å²) in [6.45, 7) is 7.09. The van der Waals surface area contributed by atoms with Gasteiger partial charge in [-0.15, -0.1) is 11.3 Å². The van der Waals surface area contributed by atoms with Crippen LogP contribution in [0.3, 0.4) is 0 Å². The maximum atomic E-state index is 13.3. The number of benzene rings is 1. The van der Waals surface area contributed by atoms with E-state index in [-0.39, 0.29) is 5.41 Å². The van der Waals surface area contributed by atoms with E-state index in [1.54, 1.807) is 18.2 Å². The number of aromatic nitrogens is 1. The zero-order valence-electron chi connectivity index (χ0n) is 21.4. The molecule has 192 valence electrons. The summed E-state index contributed by atoms with van der Waals surface area (Å²) in [7, 11) is -3.65. The summed E-state index contributed by atoms with van der Waals surface area (Å²) in [5, 5.41) is 0.941. The van der Waals surface area contributed by atoms with Crippen molar-refractivity contribution in [3.63, 3.8) is 0 Å². The molecule has 1 saturated heterocycles. The van der Waals surface area contributed by atoms with Crippen LogP contribution in [0.4, 0.5) is 0 Å². The second-order valence-electron chi connectivity index (χ2n) is 10.1. The third-order valence-corrected chi connectivity index (χ3v) is 9.52. The van der Waals surface area contributed by atoms with Gasteiger partial charge >= 0.3 is 0 Å². The van der Waals surface area contributed by atoms with E-state index in [9.17, 15) is 8.42 Å². The molecule has 1 aromatic heterocycles. The Morgan fingerprint density at radius 3 is 2.12 bits per heavy atom. The highest BCUT2D eigenvalue weighted by atomic mass is 32.2. The Morgan fingerprint density at radius 1 is 0.971 bits per heavy atom. The van der Waals surface area contributed by atoms with Crippen LogP contribution in [0.25, 0.3) is 10.2 Å². The topological polar surface area (TPSA) is 68.3 Å². The lowest BCUT2D eigenvalue weighted by molar-refractivity contribution is -0.200. The number of thiazole rings is 1. The van der Waals surface area contributed by atoms with E-state index >= 15 is 0 Å². The normalized spacial score (nSPS) is 17.8. The molecule has 1 atom stereocenters. The smallest absolute Gasteiger partial charge is 0.242 e. The highest BCUT2D eigenvalue weighted by Crippen LogP contribution is 2.44. The highest BCUT2D eigenvalue weighted by molar-refractivity contribution is 7.89. The highest BCUT2D eigenvalue weighted by Gasteiger charge is 2.49. The fourth-order valence-electron chi connectivity index (χ4n) is 5.00. The summed E-state index contributed by atoms with van der Waals surface area (Å²) in [4.78, 5) is 4.75. The molecule has 1 unspecified atom stereocenters. The molecule has 1 aliphatic rings. The van der Waals surface area contributed by atoms with Crippen molar-refractivity contribution < 1.29 is 13.2 Å². The molecule has 5 nitrogen and oxygen atoms in total. The Kier molecular flexibility index (Phi) is 10.8. The second-order valence-corrected chi connectivity index (χ2v) is 13.0. The van der Waals surface area contributed by atoms with Gasteiger partial charge in [-0.1, -0.05) is 90.9 Å². The Labute approximate surface area is 211 Å². The van der Waals surface area contributed by atoms with Gasteiger partial charge in [0.2, 0.25) is 10.0 Å². The Bertz CT molecular complexity index is 971. The first-order chi connectivity index (χ1) is 16.4. The predicted octanol–water partition coefficient (Wildman–Crippen LogP) is 7.73. The SMILES string of the molecule is CCCCCCCCC1(CCCCCCCC)COC1NS(=O)(=O)c1ccc2nc(C)sc2c1. The van der Waals surface area contributed by atoms with Gasteiger partial charge in [0.1, 0.15) is 6.23 Å². The average molecular weight is 509 g/mol. The molecule has 0 amide bonds. The van der Waals surface area contributed by atoms with E-state index in [4.69, 9.17) is 4.74 Å². The Balaban J connectivity index is 1.63. The summed E-state index contributed by atoms with van der Waals surface area (Å²) < 4.78 is 36.2. The first-order valence-electron chi connectivity index (χ1n) is 13.4. The van der Waals surface area contributed by atoms with E-state index < -0.39 is 16.3 Å². The standard InChI is InChI=1S/C27H44N2O3S2/c1-4-6-8-10-12-14-18-27(19-15-13-11-9-7-5-2)21-32-26(27)29-34(30,31)23-16-17-24-25(20-23)33-22(3)28-24/h16-17,20,26,29H,4-15,18-19,21H2,1-3H3. The largest absolute Gasteiger partial charge is 0.361 e. The van der Waals surface area contributed by atoms with Crippen molar-refractivity contribution in [2.75, 3.05) is 6.61 Å². The quantitative estimate of drug-likeness (QED) is 0.222. The van der Waals surface area contributed by atoms with Gasteiger partial charge in [0.25, 0.3) is 0 Å². The molecule has 1 aliphatic heterocycles. The molecule has 2 aromatic rings. The van der Waals surface area contributed by atoms with Gasteiger partial charge in [0, 0.05) is 5.41 Å². The van der Waals surface area contributed by atoms with Crippen LogP contribution in [0.15, 0.2) is 23.1 Å². The molecule has 0 aliphatic carbocycles. The summed E-state index contributed by atoms with van der Waals surface area (Å²) in [5.74, 6) is 0. The van der Waals surface area contributed by atoms with Crippen LogP contribution < -0.4 is 4.72 Å². The number of nitrogens with one attached hydrogen (secondary N) is 1. The third-order valence-electron chi connectivity index (χ3n) is 7.19. The molecule has 1 fully saturated rings. The number of aryl methyl sites for hydroxylation is 1. The van der Waals surface area contributed by atoms with E-state index in [2.05, 4.69) is 23.6 Å². The van der Waals surface area contributed by atoms with Crippen LogP contribution in [0.5, 0.6) is 0 Å². The number of fused-ring (bicyclic) bond motifs is 1. The van der Waals surface area contributed by atoms with Crippen LogP contribution in [0, 0.1) is 12.3 Å². The molecule has 2 heterocycles. The van der Waals surface area contributed by atoms with Crippen molar-refractivity contribution in [2.24, 2.45) is 5.41 Å². The van der Waals surface area contributed by atoms with Crippen LogP contribution in [0.1, 0.15) is 109 Å². The van der Waals surface area contributed by atoms with Gasteiger partial charge in [-0.25, -0.2) is 13.4 Å². The maximum Gasteiger partial charge on any atom is 0.242 e. The van der Waals surface area contributed by atoms with Gasteiger partial charge in [-0.3, -0.25) is 0 Å². The van der Waals surface area contributed by atoms with Crippen LogP contribution in [-0.2, 0) is 14.8 Å². The minimum Gasteiger partial charge on any atom is -0.361 e. The van der Waals surface area contributed by atoms with Crippen molar-refractivity contribution in [3.8, 4) is 0 Å². The van der Waals surface area contributed by atoms with E-state index in [0.29, 0.717) is 11.5 Å². The number of hydrogen-bond acceptors (Lipinski definition) is 5. The molecular formula is C27H44N2O3S2. The number of unbranched alkanes of at least 4 members (excludes halogenated alkanes) is 10. The summed E-state index contributed by atoms with van der Waals surface area (Å²) in [6.07, 6.45) is 16.6. The predicted molar refractivity (Wildman–Crippen MR) is 143 cm³/mol. The first-order valence-corrected chi connectivity index (χ1v) is 15.7. The number of ether oxygens (including phenoxy) is 1. The van der Waals surface area contributed by atoms with Gasteiger partial charge < -0.3 is 4.74 Å². The van der Waals surface area contributed by atoms with E-state index in [0.717, 1.165) is 40.9 Å². The lowest BCUT2D eigenvalue weighted by Crippen LogP contribution is -2.60. The molecule has 7 heteroatoms. The molecule has 1 N–H and O–H groups in total. The van der Waals surface area contributed by atoms with E-state index in [1.165, 1.54) is 75.5 Å². The number of rotatable bonds is 17. The lowest BCUT2D eigenvalue weighted by atomic mass is 9.73. The molecule has 34 heavy (non-hydrogen) atoms. The van der Waals surface area contributed by atoms with Crippen molar-refractivity contribution in [2.45, 2.75) is 122 Å². The molecule has 0 bridgehead atoms. The van der Waals surface area contributed by atoms with Crippen LogP contribution in [0.2, 0.25) is 0 Å². The van der Waals surface area contributed by atoms with Crippen molar-refractivity contribution in [1.82, 2.24) is 9.71 Å². The average Bonchev–Trinajstić information content (AvgIpc) is 3.19. The third kappa shape index (κ3) is 7.49.